The molecule has 2 heterocycles. The third-order valence-electron chi connectivity index (χ3n) is 6.87. The molecule has 0 saturated carbocycles. The standard InChI is InChI=1S/C30H25ClFN7O5/c31-23-11-12-25(39-17-33-36-37-39)22(28(23)32)10-13-26(40)35-24(29(42)34-20-8-6-19(7-9-20)30(43)44)16-18-3-1-4-21(15-18)38-14-2-5-27(38)41/h1,3-4,6-13,15,17,24H,2,5,14,16H2,(H,34,42)(H,35,40)(H,43,44)/b13-10+. The Hall–Kier alpha value is -5.43. The average Bonchev–Trinajstić information content (AvgIpc) is 3.70. The van der Waals surface area contributed by atoms with Crippen molar-refractivity contribution in [2.45, 2.75) is 25.3 Å². The van der Waals surface area contributed by atoms with Crippen LogP contribution in [0.25, 0.3) is 11.8 Å². The zero-order chi connectivity index (χ0) is 31.2. The third-order valence-corrected chi connectivity index (χ3v) is 7.17. The highest BCUT2D eigenvalue weighted by Crippen LogP contribution is 2.26. The Labute approximate surface area is 255 Å². The van der Waals surface area contributed by atoms with Crippen molar-refractivity contribution in [2.75, 3.05) is 16.8 Å². The molecule has 1 fully saturated rings. The van der Waals surface area contributed by atoms with Crippen molar-refractivity contribution in [1.82, 2.24) is 25.5 Å². The minimum Gasteiger partial charge on any atom is -0.478 e. The van der Waals surface area contributed by atoms with Crippen LogP contribution in [-0.4, -0.2) is 61.6 Å². The molecule has 0 bridgehead atoms. The van der Waals surface area contributed by atoms with E-state index in [1.165, 1.54) is 53.5 Å². The lowest BCUT2D eigenvalue weighted by Gasteiger charge is -2.20. The number of carboxylic acids is 1. The maximum absolute atomic E-state index is 15.0. The molecular formula is C30H25ClFN7O5. The van der Waals surface area contributed by atoms with E-state index in [-0.39, 0.29) is 34.2 Å². The molecule has 1 aliphatic rings. The first kappa shape index (κ1) is 30.0. The zero-order valence-corrected chi connectivity index (χ0v) is 23.7. The second-order valence-electron chi connectivity index (χ2n) is 9.84. The van der Waals surface area contributed by atoms with Gasteiger partial charge in [-0.15, -0.1) is 5.10 Å². The number of carbonyl (C=O) groups excluding carboxylic acids is 3. The normalized spacial score (nSPS) is 13.7. The van der Waals surface area contributed by atoms with E-state index >= 15 is 0 Å². The molecule has 3 N–H and O–H groups in total. The van der Waals surface area contributed by atoms with Crippen LogP contribution in [0, 0.1) is 5.82 Å². The molecular weight excluding hydrogens is 593 g/mol. The SMILES string of the molecule is O=C(/C=C/c1c(-n2cnnn2)ccc(Cl)c1F)NC(Cc1cccc(N2CCCC2=O)c1)C(=O)Nc1ccc(C(=O)O)cc1. The van der Waals surface area contributed by atoms with Crippen molar-refractivity contribution >= 4 is 52.7 Å². The summed E-state index contributed by atoms with van der Waals surface area (Å²) in [6, 6.07) is 14.4. The Morgan fingerprint density at radius 1 is 1.11 bits per heavy atom. The van der Waals surface area contributed by atoms with Gasteiger partial charge in [0.1, 0.15) is 12.4 Å². The molecule has 1 saturated heterocycles. The summed E-state index contributed by atoms with van der Waals surface area (Å²) < 4.78 is 16.2. The highest BCUT2D eigenvalue weighted by molar-refractivity contribution is 6.31. The second kappa shape index (κ2) is 13.3. The summed E-state index contributed by atoms with van der Waals surface area (Å²) in [5, 5.41) is 25.2. The lowest BCUT2D eigenvalue weighted by Crippen LogP contribution is -2.44. The van der Waals surface area contributed by atoms with Crippen molar-refractivity contribution in [3.05, 3.63) is 101 Å². The fraction of sp³-hybridized carbons (Fsp3) is 0.167. The molecule has 224 valence electrons. The van der Waals surface area contributed by atoms with Crippen LogP contribution in [-0.2, 0) is 20.8 Å². The fourth-order valence-electron chi connectivity index (χ4n) is 4.71. The molecule has 4 aromatic rings. The summed E-state index contributed by atoms with van der Waals surface area (Å²) in [5.41, 5.74) is 1.90. The summed E-state index contributed by atoms with van der Waals surface area (Å²) in [7, 11) is 0. The lowest BCUT2D eigenvalue weighted by atomic mass is 10.0. The summed E-state index contributed by atoms with van der Waals surface area (Å²) >= 11 is 5.97. The van der Waals surface area contributed by atoms with Gasteiger partial charge < -0.3 is 20.6 Å². The van der Waals surface area contributed by atoms with Crippen LogP contribution in [0.4, 0.5) is 15.8 Å². The molecule has 3 aromatic carbocycles. The van der Waals surface area contributed by atoms with Crippen LogP contribution in [0.5, 0.6) is 0 Å². The number of nitrogens with zero attached hydrogens (tertiary/aromatic N) is 5. The largest absolute Gasteiger partial charge is 0.478 e. The van der Waals surface area contributed by atoms with Gasteiger partial charge in [0.05, 0.1) is 16.3 Å². The second-order valence-corrected chi connectivity index (χ2v) is 10.2. The highest BCUT2D eigenvalue weighted by atomic mass is 35.5. The Balaban J connectivity index is 1.39. The quantitative estimate of drug-likeness (QED) is 0.227. The number of benzene rings is 3. The van der Waals surface area contributed by atoms with Gasteiger partial charge >= 0.3 is 5.97 Å². The Morgan fingerprint density at radius 3 is 2.59 bits per heavy atom. The topological polar surface area (TPSA) is 159 Å². The average molecular weight is 618 g/mol. The molecule has 3 amide bonds. The number of carbonyl (C=O) groups is 4. The number of hydrogen-bond acceptors (Lipinski definition) is 7. The van der Waals surface area contributed by atoms with Gasteiger partial charge in [-0.2, -0.15) is 4.68 Å². The van der Waals surface area contributed by atoms with E-state index in [0.29, 0.717) is 29.9 Å². The van der Waals surface area contributed by atoms with Gasteiger partial charge in [0.25, 0.3) is 0 Å². The van der Waals surface area contributed by atoms with Gasteiger partial charge in [0, 0.05) is 42.4 Å². The van der Waals surface area contributed by atoms with Crippen LogP contribution in [0.3, 0.4) is 0 Å². The van der Waals surface area contributed by atoms with Crippen LogP contribution in [0.2, 0.25) is 5.02 Å². The van der Waals surface area contributed by atoms with Crippen molar-refractivity contribution in [3.63, 3.8) is 0 Å². The first-order chi connectivity index (χ1) is 21.2. The number of nitrogens with one attached hydrogen (secondary N) is 2. The van der Waals surface area contributed by atoms with Crippen LogP contribution >= 0.6 is 11.6 Å². The molecule has 5 rings (SSSR count). The van der Waals surface area contributed by atoms with Gasteiger partial charge in [0.2, 0.25) is 17.7 Å². The van der Waals surface area contributed by atoms with Gasteiger partial charge in [-0.3, -0.25) is 14.4 Å². The number of tetrazole rings is 1. The maximum atomic E-state index is 15.0. The molecule has 1 aliphatic heterocycles. The lowest BCUT2D eigenvalue weighted by molar-refractivity contribution is -0.123. The van der Waals surface area contributed by atoms with E-state index in [1.54, 1.807) is 29.2 Å². The minimum atomic E-state index is -1.12. The molecule has 0 radical (unpaired) electrons. The zero-order valence-electron chi connectivity index (χ0n) is 23.0. The van der Waals surface area contributed by atoms with Crippen molar-refractivity contribution < 1.29 is 28.7 Å². The van der Waals surface area contributed by atoms with Gasteiger partial charge in [-0.05, 0) is 77.0 Å². The molecule has 1 atom stereocenters. The summed E-state index contributed by atoms with van der Waals surface area (Å²) in [4.78, 5) is 51.7. The van der Waals surface area contributed by atoms with E-state index < -0.39 is 29.6 Å². The van der Waals surface area contributed by atoms with Gasteiger partial charge in [-0.1, -0.05) is 23.7 Å². The number of halogens is 2. The number of aromatic nitrogens is 4. The molecule has 1 aromatic heterocycles. The number of aromatic carboxylic acids is 1. The van der Waals surface area contributed by atoms with Crippen molar-refractivity contribution in [1.29, 1.82) is 0 Å². The Bertz CT molecular complexity index is 1750. The Kier molecular flexibility index (Phi) is 9.05. The van der Waals surface area contributed by atoms with Crippen LogP contribution in [0.1, 0.15) is 34.3 Å². The first-order valence-electron chi connectivity index (χ1n) is 13.4. The van der Waals surface area contributed by atoms with E-state index in [2.05, 4.69) is 26.2 Å². The molecule has 12 nitrogen and oxygen atoms in total. The molecule has 0 aliphatic carbocycles. The number of anilines is 2. The van der Waals surface area contributed by atoms with Crippen molar-refractivity contribution in [3.8, 4) is 5.69 Å². The minimum absolute atomic E-state index is 0.00832. The van der Waals surface area contributed by atoms with E-state index in [0.717, 1.165) is 12.5 Å². The first-order valence-corrected chi connectivity index (χ1v) is 13.8. The third kappa shape index (κ3) is 6.95. The molecule has 14 heteroatoms. The summed E-state index contributed by atoms with van der Waals surface area (Å²) in [6.07, 6.45) is 4.78. The van der Waals surface area contributed by atoms with E-state index in [4.69, 9.17) is 16.7 Å². The summed E-state index contributed by atoms with van der Waals surface area (Å²) in [6.45, 7) is 0.590. The summed E-state index contributed by atoms with van der Waals surface area (Å²) in [5.74, 6) is -3.19. The number of rotatable bonds is 10. The number of hydrogen-bond donors (Lipinski definition) is 3. The number of carboxylic acid groups (broad SMARTS) is 1. The van der Waals surface area contributed by atoms with Gasteiger partial charge in [-0.25, -0.2) is 9.18 Å². The van der Waals surface area contributed by atoms with E-state index in [1.807, 2.05) is 0 Å². The monoisotopic (exact) mass is 617 g/mol. The van der Waals surface area contributed by atoms with E-state index in [9.17, 15) is 23.6 Å². The Morgan fingerprint density at radius 2 is 1.91 bits per heavy atom. The molecule has 1 unspecified atom stereocenters. The van der Waals surface area contributed by atoms with Crippen molar-refractivity contribution in [2.24, 2.45) is 0 Å². The predicted octanol–water partition coefficient (Wildman–Crippen LogP) is 3.66. The predicted molar refractivity (Wildman–Crippen MR) is 159 cm³/mol. The fourth-order valence-corrected chi connectivity index (χ4v) is 4.87. The van der Waals surface area contributed by atoms with Crippen LogP contribution < -0.4 is 15.5 Å². The molecule has 44 heavy (non-hydrogen) atoms. The number of amides is 3. The maximum Gasteiger partial charge on any atom is 0.335 e. The smallest absolute Gasteiger partial charge is 0.335 e. The van der Waals surface area contributed by atoms with Crippen LogP contribution in [0.15, 0.2) is 73.1 Å². The molecule has 0 spiro atoms. The van der Waals surface area contributed by atoms with Gasteiger partial charge in [0.15, 0.2) is 5.82 Å². The highest BCUT2D eigenvalue weighted by Gasteiger charge is 2.24.